The Balaban J connectivity index is 2.00. The number of nitrogens with zero attached hydrogens (tertiary/aromatic N) is 2. The smallest absolute Gasteiger partial charge is 0.255 e. The number of piperazine rings is 1. The lowest BCUT2D eigenvalue weighted by Crippen LogP contribution is -2.51. The molecule has 0 saturated carbocycles. The predicted octanol–water partition coefficient (Wildman–Crippen LogP) is 1.92. The molecule has 0 aromatic heterocycles. The van der Waals surface area contributed by atoms with Crippen molar-refractivity contribution in [1.29, 1.82) is 0 Å². The second-order valence-corrected chi connectivity index (χ2v) is 5.57. The molecule has 1 saturated heterocycles. The normalized spacial score (nSPS) is 15.2. The van der Waals surface area contributed by atoms with Crippen LogP contribution < -0.4 is 0 Å². The zero-order valence-corrected chi connectivity index (χ0v) is 13.2. The van der Waals surface area contributed by atoms with Gasteiger partial charge in [-0.05, 0) is 18.2 Å². The van der Waals surface area contributed by atoms with E-state index < -0.39 is 0 Å². The maximum absolute atomic E-state index is 12.4. The Kier molecular flexibility index (Phi) is 5.45. The van der Waals surface area contributed by atoms with Gasteiger partial charge in [0.1, 0.15) is 6.61 Å². The monoisotopic (exact) mass is 330 g/mol. The average Bonchev–Trinajstić information content (AvgIpc) is 2.49. The van der Waals surface area contributed by atoms with Gasteiger partial charge in [-0.1, -0.05) is 23.2 Å². The van der Waals surface area contributed by atoms with Crippen LogP contribution >= 0.6 is 23.2 Å². The highest BCUT2D eigenvalue weighted by Gasteiger charge is 2.25. The molecule has 21 heavy (non-hydrogen) atoms. The first-order chi connectivity index (χ1) is 10.0. The van der Waals surface area contributed by atoms with E-state index in [4.69, 9.17) is 27.9 Å². The number of benzene rings is 1. The Bertz CT molecular complexity index is 543. The number of amides is 2. The molecule has 0 atom stereocenters. The maximum Gasteiger partial charge on any atom is 0.255 e. The lowest BCUT2D eigenvalue weighted by molar-refractivity contribution is -0.136. The van der Waals surface area contributed by atoms with Crippen LogP contribution in [0.5, 0.6) is 0 Å². The third-order valence-corrected chi connectivity index (χ3v) is 3.91. The molecule has 1 fully saturated rings. The highest BCUT2D eigenvalue weighted by Crippen LogP contribution is 2.22. The second kappa shape index (κ2) is 7.11. The summed E-state index contributed by atoms with van der Waals surface area (Å²) in [6.45, 7) is 1.99. The Morgan fingerprint density at radius 3 is 2.38 bits per heavy atom. The summed E-state index contributed by atoms with van der Waals surface area (Å²) in [6, 6.07) is 4.81. The van der Waals surface area contributed by atoms with E-state index >= 15 is 0 Å². The van der Waals surface area contributed by atoms with Crippen LogP contribution in [0.25, 0.3) is 0 Å². The molecule has 2 amide bonds. The van der Waals surface area contributed by atoms with Gasteiger partial charge in [-0.25, -0.2) is 0 Å². The van der Waals surface area contributed by atoms with Crippen molar-refractivity contribution in [3.63, 3.8) is 0 Å². The number of halogens is 2. The van der Waals surface area contributed by atoms with E-state index in [1.807, 2.05) is 0 Å². The van der Waals surface area contributed by atoms with E-state index in [0.29, 0.717) is 41.8 Å². The predicted molar refractivity (Wildman–Crippen MR) is 80.8 cm³/mol. The molecule has 7 heteroatoms. The summed E-state index contributed by atoms with van der Waals surface area (Å²) in [5.74, 6) is -0.230. The quantitative estimate of drug-likeness (QED) is 0.850. The first-order valence-corrected chi connectivity index (χ1v) is 7.29. The standard InChI is InChI=1S/C14H16Cl2N2O3/c1-21-9-13(19)17-4-6-18(7-5-17)14(20)11-8-10(15)2-3-12(11)16/h2-3,8H,4-7,9H2,1H3. The molecule has 0 unspecified atom stereocenters. The molecular formula is C14H16Cl2N2O3. The fourth-order valence-electron chi connectivity index (χ4n) is 2.21. The number of rotatable bonds is 3. The van der Waals surface area contributed by atoms with Crippen molar-refractivity contribution in [2.45, 2.75) is 0 Å². The van der Waals surface area contributed by atoms with Crippen molar-refractivity contribution in [3.8, 4) is 0 Å². The number of carbonyl (C=O) groups excluding carboxylic acids is 2. The van der Waals surface area contributed by atoms with Crippen molar-refractivity contribution in [1.82, 2.24) is 9.80 Å². The number of ether oxygens (including phenoxy) is 1. The van der Waals surface area contributed by atoms with Gasteiger partial charge in [0, 0.05) is 38.3 Å². The molecule has 0 spiro atoms. The first kappa shape index (κ1) is 16.1. The minimum absolute atomic E-state index is 0.0636. The molecule has 2 rings (SSSR count). The molecule has 1 aromatic carbocycles. The van der Waals surface area contributed by atoms with Crippen molar-refractivity contribution in [2.24, 2.45) is 0 Å². The average molecular weight is 331 g/mol. The van der Waals surface area contributed by atoms with Crippen LogP contribution in [-0.4, -0.2) is 61.5 Å². The maximum atomic E-state index is 12.4. The van der Waals surface area contributed by atoms with E-state index in [9.17, 15) is 9.59 Å². The summed E-state index contributed by atoms with van der Waals surface area (Å²) < 4.78 is 4.83. The van der Waals surface area contributed by atoms with Gasteiger partial charge in [0.25, 0.3) is 5.91 Å². The molecule has 0 N–H and O–H groups in total. The van der Waals surface area contributed by atoms with E-state index in [1.54, 1.807) is 28.0 Å². The highest BCUT2D eigenvalue weighted by atomic mass is 35.5. The summed E-state index contributed by atoms with van der Waals surface area (Å²) in [6.07, 6.45) is 0. The van der Waals surface area contributed by atoms with Gasteiger partial charge in [-0.15, -0.1) is 0 Å². The molecule has 0 radical (unpaired) electrons. The minimum atomic E-state index is -0.165. The summed E-state index contributed by atoms with van der Waals surface area (Å²) in [5.41, 5.74) is 0.390. The largest absolute Gasteiger partial charge is 0.375 e. The Morgan fingerprint density at radius 2 is 1.76 bits per heavy atom. The first-order valence-electron chi connectivity index (χ1n) is 6.54. The Morgan fingerprint density at radius 1 is 1.14 bits per heavy atom. The van der Waals surface area contributed by atoms with Gasteiger partial charge in [-0.3, -0.25) is 9.59 Å². The molecular weight excluding hydrogens is 315 g/mol. The SMILES string of the molecule is COCC(=O)N1CCN(C(=O)c2cc(Cl)ccc2Cl)CC1. The number of carbonyl (C=O) groups is 2. The van der Waals surface area contributed by atoms with Gasteiger partial charge >= 0.3 is 0 Å². The van der Waals surface area contributed by atoms with E-state index in [2.05, 4.69) is 0 Å². The van der Waals surface area contributed by atoms with Crippen LogP contribution in [0.15, 0.2) is 18.2 Å². The summed E-state index contributed by atoms with van der Waals surface area (Å²) in [5, 5.41) is 0.846. The van der Waals surface area contributed by atoms with Crippen molar-refractivity contribution in [3.05, 3.63) is 33.8 Å². The second-order valence-electron chi connectivity index (χ2n) is 4.73. The topological polar surface area (TPSA) is 49.9 Å². The van der Waals surface area contributed by atoms with Crippen LogP contribution in [0.2, 0.25) is 10.0 Å². The van der Waals surface area contributed by atoms with Gasteiger partial charge in [0.15, 0.2) is 0 Å². The molecule has 1 aromatic rings. The van der Waals surface area contributed by atoms with Crippen molar-refractivity contribution < 1.29 is 14.3 Å². The molecule has 114 valence electrons. The van der Waals surface area contributed by atoms with Gasteiger partial charge in [0.05, 0.1) is 10.6 Å². The van der Waals surface area contributed by atoms with E-state index in [-0.39, 0.29) is 18.4 Å². The third kappa shape index (κ3) is 3.87. The molecule has 1 aliphatic rings. The lowest BCUT2D eigenvalue weighted by atomic mass is 10.1. The molecule has 5 nitrogen and oxygen atoms in total. The van der Waals surface area contributed by atoms with Gasteiger partial charge in [-0.2, -0.15) is 0 Å². The van der Waals surface area contributed by atoms with Crippen LogP contribution in [0.4, 0.5) is 0 Å². The summed E-state index contributed by atoms with van der Waals surface area (Å²) >= 11 is 11.9. The third-order valence-electron chi connectivity index (χ3n) is 3.35. The van der Waals surface area contributed by atoms with Gasteiger partial charge < -0.3 is 14.5 Å². The zero-order valence-electron chi connectivity index (χ0n) is 11.6. The van der Waals surface area contributed by atoms with Crippen LogP contribution in [0, 0.1) is 0 Å². The number of hydrogen-bond donors (Lipinski definition) is 0. The van der Waals surface area contributed by atoms with Crippen LogP contribution in [-0.2, 0) is 9.53 Å². The van der Waals surface area contributed by atoms with Crippen LogP contribution in [0.3, 0.4) is 0 Å². The number of hydrogen-bond acceptors (Lipinski definition) is 3. The molecule has 1 heterocycles. The summed E-state index contributed by atoms with van der Waals surface area (Å²) in [4.78, 5) is 27.5. The lowest BCUT2D eigenvalue weighted by Gasteiger charge is -2.34. The van der Waals surface area contributed by atoms with E-state index in [1.165, 1.54) is 7.11 Å². The van der Waals surface area contributed by atoms with Crippen molar-refractivity contribution in [2.75, 3.05) is 39.9 Å². The zero-order chi connectivity index (χ0) is 15.4. The highest BCUT2D eigenvalue weighted by molar-refractivity contribution is 6.35. The Labute approximate surface area is 133 Å². The summed E-state index contributed by atoms with van der Waals surface area (Å²) in [7, 11) is 1.48. The molecule has 0 aliphatic carbocycles. The van der Waals surface area contributed by atoms with E-state index in [0.717, 1.165) is 0 Å². The van der Waals surface area contributed by atoms with Crippen LogP contribution in [0.1, 0.15) is 10.4 Å². The minimum Gasteiger partial charge on any atom is -0.375 e. The molecule has 0 bridgehead atoms. The number of methoxy groups -OCH3 is 1. The molecule has 1 aliphatic heterocycles. The van der Waals surface area contributed by atoms with Crippen molar-refractivity contribution >= 4 is 35.0 Å². The Hall–Kier alpha value is -1.30. The van der Waals surface area contributed by atoms with Gasteiger partial charge in [0.2, 0.25) is 5.91 Å². The fourth-order valence-corrected chi connectivity index (χ4v) is 2.58. The fraction of sp³-hybridized carbons (Fsp3) is 0.429.